The summed E-state index contributed by atoms with van der Waals surface area (Å²) < 4.78 is 0. The highest BCUT2D eigenvalue weighted by molar-refractivity contribution is 5.83. The van der Waals surface area contributed by atoms with Gasteiger partial charge in [-0.05, 0) is 40.7 Å². The number of fused-ring (bicyclic) bond motifs is 2. The summed E-state index contributed by atoms with van der Waals surface area (Å²) >= 11 is 0. The fourth-order valence-corrected chi connectivity index (χ4v) is 3.82. The first-order valence-electron chi connectivity index (χ1n) is 9.86. The number of carboxylic acid groups (broad SMARTS) is 1. The third kappa shape index (κ3) is 4.91. The van der Waals surface area contributed by atoms with Gasteiger partial charge in [-0.25, -0.2) is 4.79 Å². The lowest BCUT2D eigenvalue weighted by Gasteiger charge is -2.21. The van der Waals surface area contributed by atoms with E-state index in [9.17, 15) is 9.90 Å². The molecule has 2 aromatic carbocycles. The predicted octanol–water partition coefficient (Wildman–Crippen LogP) is 4.37. The standard InChI is InChI=1S/C21H16O2.C4H10O2/c22-21(23)13-20(18-11-9-14-5-1-3-7-16(14)18)19-12-10-15-6-2-4-8-17(15)19;5-3-1-2-4-6/h1-13,18-19H,(H,22,23);5-6H,1-4H2. The van der Waals surface area contributed by atoms with E-state index >= 15 is 0 Å². The van der Waals surface area contributed by atoms with E-state index in [-0.39, 0.29) is 25.0 Å². The summed E-state index contributed by atoms with van der Waals surface area (Å²) in [5.74, 6) is -0.859. The Morgan fingerprint density at radius 3 is 1.66 bits per heavy atom. The van der Waals surface area contributed by atoms with Crippen LogP contribution >= 0.6 is 0 Å². The van der Waals surface area contributed by atoms with Crippen LogP contribution < -0.4 is 0 Å². The summed E-state index contributed by atoms with van der Waals surface area (Å²) in [6.07, 6.45) is 11.2. The summed E-state index contributed by atoms with van der Waals surface area (Å²) in [5.41, 5.74) is 5.61. The van der Waals surface area contributed by atoms with Crippen molar-refractivity contribution in [2.75, 3.05) is 13.2 Å². The zero-order chi connectivity index (χ0) is 20.6. The molecule has 0 spiro atoms. The number of aliphatic hydroxyl groups excluding tert-OH is 2. The van der Waals surface area contributed by atoms with Crippen LogP contribution in [-0.4, -0.2) is 34.5 Å². The third-order valence-electron chi connectivity index (χ3n) is 5.17. The summed E-state index contributed by atoms with van der Waals surface area (Å²) in [6.45, 7) is 0.390. The van der Waals surface area contributed by atoms with Crippen LogP contribution in [0.1, 0.15) is 46.9 Å². The molecular formula is C25H26O4. The van der Waals surface area contributed by atoms with Gasteiger partial charge < -0.3 is 15.3 Å². The molecule has 4 nitrogen and oxygen atoms in total. The van der Waals surface area contributed by atoms with Crippen LogP contribution in [-0.2, 0) is 4.79 Å². The summed E-state index contributed by atoms with van der Waals surface area (Å²) in [4.78, 5) is 11.4. The number of unbranched alkanes of at least 4 members (excludes halogenated alkanes) is 1. The smallest absolute Gasteiger partial charge is 0.328 e. The number of aliphatic hydroxyl groups is 2. The minimum atomic E-state index is -0.893. The van der Waals surface area contributed by atoms with Crippen LogP contribution in [0, 0.1) is 0 Å². The van der Waals surface area contributed by atoms with Gasteiger partial charge in [0.25, 0.3) is 0 Å². The maximum Gasteiger partial charge on any atom is 0.328 e. The van der Waals surface area contributed by atoms with Gasteiger partial charge in [-0.2, -0.15) is 0 Å². The van der Waals surface area contributed by atoms with Crippen LogP contribution in [0.4, 0.5) is 0 Å². The van der Waals surface area contributed by atoms with E-state index in [1.54, 1.807) is 0 Å². The highest BCUT2D eigenvalue weighted by atomic mass is 16.4. The van der Waals surface area contributed by atoms with Crippen molar-refractivity contribution < 1.29 is 20.1 Å². The van der Waals surface area contributed by atoms with Crippen molar-refractivity contribution in [3.8, 4) is 0 Å². The SMILES string of the molecule is O=C(O)C=C(C1C=Cc2ccccc21)C1C=Cc2ccccc21.OCCCCO. The molecule has 150 valence electrons. The van der Waals surface area contributed by atoms with Crippen LogP contribution in [0.25, 0.3) is 12.2 Å². The third-order valence-corrected chi connectivity index (χ3v) is 5.17. The highest BCUT2D eigenvalue weighted by Gasteiger charge is 2.29. The molecule has 0 saturated heterocycles. The molecular weight excluding hydrogens is 364 g/mol. The first-order valence-corrected chi connectivity index (χ1v) is 9.86. The molecule has 3 N–H and O–H groups in total. The number of hydrogen-bond donors (Lipinski definition) is 3. The van der Waals surface area contributed by atoms with Crippen molar-refractivity contribution in [2.45, 2.75) is 24.7 Å². The summed E-state index contributed by atoms with van der Waals surface area (Å²) in [6, 6.07) is 16.4. The van der Waals surface area contributed by atoms with Crippen molar-refractivity contribution in [3.05, 3.63) is 94.6 Å². The average molecular weight is 390 g/mol. The van der Waals surface area contributed by atoms with Gasteiger partial charge in [0, 0.05) is 31.1 Å². The predicted molar refractivity (Wildman–Crippen MR) is 116 cm³/mol. The molecule has 0 bridgehead atoms. The van der Waals surface area contributed by atoms with Crippen LogP contribution in [0.15, 0.2) is 72.3 Å². The lowest BCUT2D eigenvalue weighted by molar-refractivity contribution is -0.131. The fraction of sp³-hybridized carbons (Fsp3) is 0.240. The molecule has 0 heterocycles. The van der Waals surface area contributed by atoms with Crippen LogP contribution in [0.3, 0.4) is 0 Å². The monoisotopic (exact) mass is 390 g/mol. The normalized spacial score (nSPS) is 17.9. The van der Waals surface area contributed by atoms with Gasteiger partial charge in [0.05, 0.1) is 0 Å². The molecule has 2 aliphatic carbocycles. The van der Waals surface area contributed by atoms with Gasteiger partial charge >= 0.3 is 5.97 Å². The van der Waals surface area contributed by atoms with Gasteiger partial charge in [-0.1, -0.05) is 72.8 Å². The topological polar surface area (TPSA) is 77.8 Å². The number of rotatable bonds is 6. The molecule has 0 saturated carbocycles. The highest BCUT2D eigenvalue weighted by Crippen LogP contribution is 2.45. The van der Waals surface area contributed by atoms with Crippen molar-refractivity contribution in [1.82, 2.24) is 0 Å². The van der Waals surface area contributed by atoms with Crippen molar-refractivity contribution in [3.63, 3.8) is 0 Å². The largest absolute Gasteiger partial charge is 0.478 e. The Morgan fingerprint density at radius 1 is 0.793 bits per heavy atom. The molecule has 4 heteroatoms. The second kappa shape index (κ2) is 10.0. The van der Waals surface area contributed by atoms with Gasteiger partial charge in [-0.15, -0.1) is 0 Å². The van der Waals surface area contributed by atoms with E-state index in [4.69, 9.17) is 10.2 Å². The quantitative estimate of drug-likeness (QED) is 0.506. The van der Waals surface area contributed by atoms with E-state index in [0.29, 0.717) is 0 Å². The van der Waals surface area contributed by atoms with Gasteiger partial charge in [0.15, 0.2) is 0 Å². The average Bonchev–Trinajstić information content (AvgIpc) is 3.35. The second-order valence-corrected chi connectivity index (χ2v) is 7.07. The molecule has 0 aliphatic heterocycles. The minimum absolute atomic E-state index is 0.0168. The number of carboxylic acids is 1. The number of allylic oxidation sites excluding steroid dienone is 3. The zero-order valence-corrected chi connectivity index (χ0v) is 16.2. The Balaban J connectivity index is 0.000000353. The van der Waals surface area contributed by atoms with Crippen molar-refractivity contribution in [2.24, 2.45) is 0 Å². The zero-order valence-electron chi connectivity index (χ0n) is 16.2. The number of hydrogen-bond acceptors (Lipinski definition) is 3. The molecule has 0 fully saturated rings. The summed E-state index contributed by atoms with van der Waals surface area (Å²) in [7, 11) is 0. The molecule has 0 radical (unpaired) electrons. The number of carbonyl (C=O) groups is 1. The van der Waals surface area contributed by atoms with E-state index in [2.05, 4.69) is 48.6 Å². The van der Waals surface area contributed by atoms with Crippen molar-refractivity contribution in [1.29, 1.82) is 0 Å². The fourth-order valence-electron chi connectivity index (χ4n) is 3.82. The maximum atomic E-state index is 11.4. The first kappa shape index (κ1) is 20.8. The van der Waals surface area contributed by atoms with Crippen molar-refractivity contribution >= 4 is 18.1 Å². The molecule has 2 unspecified atom stereocenters. The van der Waals surface area contributed by atoms with Gasteiger partial charge in [-0.3, -0.25) is 0 Å². The van der Waals surface area contributed by atoms with Gasteiger partial charge in [0.1, 0.15) is 0 Å². The van der Waals surface area contributed by atoms with E-state index < -0.39 is 5.97 Å². The Bertz CT molecular complexity index is 872. The minimum Gasteiger partial charge on any atom is -0.478 e. The summed E-state index contributed by atoms with van der Waals surface area (Å²) in [5, 5.41) is 25.5. The molecule has 2 atom stereocenters. The lowest BCUT2D eigenvalue weighted by Crippen LogP contribution is -2.08. The maximum absolute atomic E-state index is 11.4. The second-order valence-electron chi connectivity index (χ2n) is 7.07. The number of aliphatic carboxylic acids is 1. The van der Waals surface area contributed by atoms with E-state index in [1.807, 2.05) is 24.3 Å². The molecule has 4 rings (SSSR count). The molecule has 0 aromatic heterocycles. The Hall–Kier alpha value is -2.95. The lowest BCUT2D eigenvalue weighted by atomic mass is 9.81. The van der Waals surface area contributed by atoms with E-state index in [1.165, 1.54) is 28.3 Å². The molecule has 2 aromatic rings. The molecule has 2 aliphatic rings. The van der Waals surface area contributed by atoms with Gasteiger partial charge in [0.2, 0.25) is 0 Å². The number of benzene rings is 2. The van der Waals surface area contributed by atoms with Crippen LogP contribution in [0.2, 0.25) is 0 Å². The molecule has 0 amide bonds. The Morgan fingerprint density at radius 2 is 1.24 bits per heavy atom. The van der Waals surface area contributed by atoms with E-state index in [0.717, 1.165) is 18.4 Å². The molecule has 29 heavy (non-hydrogen) atoms. The van der Waals surface area contributed by atoms with Crippen LogP contribution in [0.5, 0.6) is 0 Å². The Kier molecular flexibility index (Phi) is 7.17. The first-order chi connectivity index (χ1) is 14.2. The Labute approximate surface area is 171 Å².